The number of carbonyl (C=O) groups is 2. The molecule has 0 aliphatic carbocycles. The van der Waals surface area contributed by atoms with Crippen LogP contribution in [0.4, 0.5) is 0 Å². The van der Waals surface area contributed by atoms with Crippen LogP contribution in [0.2, 0.25) is 0 Å². The Labute approximate surface area is 55.2 Å². The number of carbonyl (C=O) groups excluding carboxylic acids is 1. The fraction of sp³-hybridized carbons (Fsp3) is 0. The van der Waals surface area contributed by atoms with Crippen molar-refractivity contribution < 1.29 is 24.9 Å². The van der Waals surface area contributed by atoms with E-state index in [1.165, 1.54) is 0 Å². The fourth-order valence-corrected chi connectivity index (χ4v) is 0.311. The second-order valence-corrected chi connectivity index (χ2v) is 1.37. The van der Waals surface area contributed by atoms with Crippen molar-refractivity contribution >= 4 is 11.9 Å². The molecule has 6 nitrogen and oxygen atoms in total. The Kier molecular flexibility index (Phi) is 2.25. The number of amides is 1. The fourth-order valence-electron chi connectivity index (χ4n) is 0.311. The summed E-state index contributed by atoms with van der Waals surface area (Å²) in [6.07, 6.45) is 0. The molecule has 0 aromatic heterocycles. The summed E-state index contributed by atoms with van der Waals surface area (Å²) in [6, 6.07) is 0. The van der Waals surface area contributed by atoms with E-state index < -0.39 is 23.4 Å². The van der Waals surface area contributed by atoms with Gasteiger partial charge in [0, 0.05) is 0 Å². The van der Waals surface area contributed by atoms with E-state index in [9.17, 15) is 9.59 Å². The number of aliphatic carboxylic acids is 1. The van der Waals surface area contributed by atoms with Crippen molar-refractivity contribution in [1.29, 1.82) is 0 Å². The van der Waals surface area contributed by atoms with Gasteiger partial charge in [-0.2, -0.15) is 0 Å². The maximum absolute atomic E-state index is 10.0. The second-order valence-electron chi connectivity index (χ2n) is 1.37. The van der Waals surface area contributed by atoms with Gasteiger partial charge in [-0.15, -0.1) is 0 Å². The third kappa shape index (κ3) is 1.66. The molecule has 0 heterocycles. The summed E-state index contributed by atoms with van der Waals surface area (Å²) < 4.78 is 0. The van der Waals surface area contributed by atoms with Crippen LogP contribution in [-0.4, -0.2) is 27.2 Å². The van der Waals surface area contributed by atoms with Crippen LogP contribution < -0.4 is 5.73 Å². The second kappa shape index (κ2) is 2.72. The number of nitrogens with two attached hydrogens (primary N) is 1. The highest BCUT2D eigenvalue weighted by Crippen LogP contribution is 1.96. The Balaban J connectivity index is 4.79. The van der Waals surface area contributed by atoms with Crippen LogP contribution in [0.5, 0.6) is 0 Å². The van der Waals surface area contributed by atoms with Crippen LogP contribution in [-0.2, 0) is 9.59 Å². The first-order valence-corrected chi connectivity index (χ1v) is 2.12. The summed E-state index contributed by atoms with van der Waals surface area (Å²) in [5.74, 6) is -4.75. The minimum absolute atomic E-state index is 1.22. The maximum atomic E-state index is 10.0. The highest BCUT2D eigenvalue weighted by Gasteiger charge is 2.19. The maximum Gasteiger partial charge on any atom is 0.348 e. The van der Waals surface area contributed by atoms with Gasteiger partial charge in [-0.25, -0.2) is 4.79 Å². The van der Waals surface area contributed by atoms with Crippen molar-refractivity contribution in [3.63, 3.8) is 0 Å². The van der Waals surface area contributed by atoms with Gasteiger partial charge in [0.1, 0.15) is 0 Å². The number of hydrogen-bond acceptors (Lipinski definition) is 4. The molecule has 5 N–H and O–H groups in total. The van der Waals surface area contributed by atoms with Gasteiger partial charge in [0.05, 0.1) is 0 Å². The Morgan fingerprint density at radius 3 is 1.50 bits per heavy atom. The van der Waals surface area contributed by atoms with E-state index in [4.69, 9.17) is 15.3 Å². The highest BCUT2D eigenvalue weighted by molar-refractivity contribution is 6.15. The highest BCUT2D eigenvalue weighted by atomic mass is 16.5. The summed E-state index contributed by atoms with van der Waals surface area (Å²) in [6.45, 7) is 0. The molecule has 0 rings (SSSR count). The van der Waals surface area contributed by atoms with Gasteiger partial charge in [-0.1, -0.05) is 0 Å². The van der Waals surface area contributed by atoms with Crippen molar-refractivity contribution in [3.05, 3.63) is 11.5 Å². The van der Waals surface area contributed by atoms with Crippen molar-refractivity contribution in [2.45, 2.75) is 0 Å². The molecular weight excluding hydrogens is 142 g/mol. The van der Waals surface area contributed by atoms with Crippen LogP contribution in [0.1, 0.15) is 0 Å². The quantitative estimate of drug-likeness (QED) is 0.171. The van der Waals surface area contributed by atoms with Crippen LogP contribution in [0, 0.1) is 0 Å². The SMILES string of the molecule is NC(=O)C(C(=O)O)=C(O)O. The van der Waals surface area contributed by atoms with Crippen molar-refractivity contribution in [2.75, 3.05) is 0 Å². The van der Waals surface area contributed by atoms with E-state index in [-0.39, 0.29) is 0 Å². The first kappa shape index (κ1) is 8.28. The lowest BCUT2D eigenvalue weighted by Crippen LogP contribution is -2.22. The molecule has 0 bridgehead atoms. The van der Waals surface area contributed by atoms with Crippen LogP contribution in [0.25, 0.3) is 0 Å². The molecule has 56 valence electrons. The van der Waals surface area contributed by atoms with Gasteiger partial charge in [0.25, 0.3) is 11.9 Å². The number of primary amides is 1. The number of rotatable bonds is 2. The van der Waals surface area contributed by atoms with Gasteiger partial charge in [-0.05, 0) is 0 Å². The zero-order valence-corrected chi connectivity index (χ0v) is 4.74. The van der Waals surface area contributed by atoms with E-state index >= 15 is 0 Å². The van der Waals surface area contributed by atoms with Crippen LogP contribution in [0.3, 0.4) is 0 Å². The summed E-state index contributed by atoms with van der Waals surface area (Å²) in [5.41, 5.74) is 3.22. The van der Waals surface area contributed by atoms with E-state index in [2.05, 4.69) is 5.73 Å². The zero-order chi connectivity index (χ0) is 8.31. The molecule has 0 saturated carbocycles. The predicted molar refractivity (Wildman–Crippen MR) is 29.1 cm³/mol. The average Bonchev–Trinajstić information content (AvgIpc) is 1.59. The topological polar surface area (TPSA) is 121 Å². The molecule has 0 saturated heterocycles. The molecule has 0 aromatic rings. The number of hydrogen-bond donors (Lipinski definition) is 4. The Hall–Kier alpha value is -1.72. The number of aliphatic hydroxyl groups is 2. The van der Waals surface area contributed by atoms with Gasteiger partial charge in [0.2, 0.25) is 5.57 Å². The normalized spacial score (nSPS) is 8.40. The van der Waals surface area contributed by atoms with Crippen LogP contribution >= 0.6 is 0 Å². The molecule has 10 heavy (non-hydrogen) atoms. The molecule has 0 radical (unpaired) electrons. The van der Waals surface area contributed by atoms with Gasteiger partial charge in [0.15, 0.2) is 0 Å². The number of carboxylic acids is 1. The van der Waals surface area contributed by atoms with Gasteiger partial charge < -0.3 is 21.1 Å². The minimum Gasteiger partial charge on any atom is -0.480 e. The predicted octanol–water partition coefficient (Wildman–Crippen LogP) is -1.12. The molecule has 0 aliphatic rings. The lowest BCUT2D eigenvalue weighted by atomic mass is 10.3. The van der Waals surface area contributed by atoms with Crippen LogP contribution in [0.15, 0.2) is 11.5 Å². The van der Waals surface area contributed by atoms with Crippen molar-refractivity contribution in [3.8, 4) is 0 Å². The van der Waals surface area contributed by atoms with E-state index in [1.54, 1.807) is 0 Å². The number of carboxylic acid groups (broad SMARTS) is 1. The summed E-state index contributed by atoms with van der Waals surface area (Å²) in [5, 5.41) is 24.2. The smallest absolute Gasteiger partial charge is 0.348 e. The monoisotopic (exact) mass is 147 g/mol. The number of aliphatic hydroxyl groups excluding tert-OH is 1. The molecular formula is C4H5NO5. The van der Waals surface area contributed by atoms with Gasteiger partial charge >= 0.3 is 5.97 Å². The summed E-state index contributed by atoms with van der Waals surface area (Å²) in [4.78, 5) is 19.9. The Bertz CT molecular complexity index is 186. The third-order valence-electron chi connectivity index (χ3n) is 0.684. The lowest BCUT2D eigenvalue weighted by molar-refractivity contribution is -0.135. The largest absolute Gasteiger partial charge is 0.480 e. The standard InChI is InChI=1S/C4H5NO5/c5-2(6)1(3(7)8)4(9)10/h7-8H,(H2,5,6)(H,9,10). The molecule has 0 aromatic carbocycles. The third-order valence-corrected chi connectivity index (χ3v) is 0.684. The molecule has 0 unspecified atom stereocenters. The van der Waals surface area contributed by atoms with E-state index in [0.717, 1.165) is 0 Å². The first-order chi connectivity index (χ1) is 4.46. The summed E-state index contributed by atoms with van der Waals surface area (Å²) >= 11 is 0. The Morgan fingerprint density at radius 2 is 1.50 bits per heavy atom. The average molecular weight is 147 g/mol. The molecule has 0 fully saturated rings. The van der Waals surface area contributed by atoms with E-state index in [0.29, 0.717) is 0 Å². The van der Waals surface area contributed by atoms with Gasteiger partial charge in [-0.3, -0.25) is 4.79 Å². The van der Waals surface area contributed by atoms with Crippen molar-refractivity contribution in [2.24, 2.45) is 5.73 Å². The molecule has 0 spiro atoms. The first-order valence-electron chi connectivity index (χ1n) is 2.12. The van der Waals surface area contributed by atoms with Crippen molar-refractivity contribution in [1.82, 2.24) is 0 Å². The zero-order valence-electron chi connectivity index (χ0n) is 4.74. The minimum atomic E-state index is -1.77. The summed E-state index contributed by atoms with van der Waals surface area (Å²) in [7, 11) is 0. The molecule has 1 amide bonds. The lowest BCUT2D eigenvalue weighted by Gasteiger charge is -1.94. The van der Waals surface area contributed by atoms with E-state index in [1.807, 2.05) is 0 Å². The molecule has 0 atom stereocenters. The Morgan fingerprint density at radius 1 is 1.10 bits per heavy atom. The molecule has 6 heteroatoms. The molecule has 0 aliphatic heterocycles.